The summed E-state index contributed by atoms with van der Waals surface area (Å²) in [6.07, 6.45) is 4.64. The van der Waals surface area contributed by atoms with Crippen molar-refractivity contribution in [3.8, 4) is 0 Å². The van der Waals surface area contributed by atoms with Gasteiger partial charge >= 0.3 is 0 Å². The summed E-state index contributed by atoms with van der Waals surface area (Å²) in [5.74, 6) is 0. The van der Waals surface area contributed by atoms with Gasteiger partial charge in [-0.3, -0.25) is 0 Å². The molecule has 0 heterocycles. The van der Waals surface area contributed by atoms with Crippen molar-refractivity contribution in [3.05, 3.63) is 10.4 Å². The summed E-state index contributed by atoms with van der Waals surface area (Å²) in [6, 6.07) is 0.193. The van der Waals surface area contributed by atoms with Crippen LogP contribution in [0.2, 0.25) is 0 Å². The molecule has 3 nitrogen and oxygen atoms in total. The molecule has 0 aliphatic heterocycles. The van der Waals surface area contributed by atoms with Crippen LogP contribution in [0, 0.1) is 0 Å². The van der Waals surface area contributed by atoms with Gasteiger partial charge in [0.2, 0.25) is 0 Å². The normalized spacial score (nSPS) is 32.9. The van der Waals surface area contributed by atoms with Gasteiger partial charge in [0, 0.05) is 15.8 Å². The number of azide groups is 1. The fourth-order valence-electron chi connectivity index (χ4n) is 1.26. The summed E-state index contributed by atoms with van der Waals surface area (Å²) in [4.78, 5) is 3.22. The van der Waals surface area contributed by atoms with E-state index in [4.69, 9.17) is 5.53 Å². The Morgan fingerprint density at radius 3 is 2.70 bits per heavy atom. The maximum atomic E-state index is 8.17. The molecule has 1 aliphatic carbocycles. The lowest BCUT2D eigenvalue weighted by molar-refractivity contribution is 0.457. The zero-order chi connectivity index (χ0) is 7.40. The standard InChI is InChI=1S/C6H10BrN3/c7-5-3-1-2-4-6(5)9-10-8/h5-6H,1-4H2/t5-,6-/m1/s1. The monoisotopic (exact) mass is 203 g/mol. The molecule has 0 bridgehead atoms. The Morgan fingerprint density at radius 2 is 2.10 bits per heavy atom. The van der Waals surface area contributed by atoms with E-state index in [2.05, 4.69) is 26.0 Å². The van der Waals surface area contributed by atoms with Crippen LogP contribution in [0.25, 0.3) is 10.4 Å². The quantitative estimate of drug-likeness (QED) is 0.273. The summed E-state index contributed by atoms with van der Waals surface area (Å²) in [5, 5.41) is 3.70. The van der Waals surface area contributed by atoms with Gasteiger partial charge in [-0.25, -0.2) is 0 Å². The highest BCUT2D eigenvalue weighted by atomic mass is 79.9. The van der Waals surface area contributed by atoms with Crippen LogP contribution in [0.15, 0.2) is 5.11 Å². The first-order valence-electron chi connectivity index (χ1n) is 3.53. The molecule has 1 fully saturated rings. The first-order chi connectivity index (χ1) is 4.84. The summed E-state index contributed by atoms with van der Waals surface area (Å²) in [5.41, 5.74) is 8.17. The Labute approximate surface area is 68.6 Å². The van der Waals surface area contributed by atoms with E-state index in [1.807, 2.05) is 0 Å². The molecule has 10 heavy (non-hydrogen) atoms. The van der Waals surface area contributed by atoms with Crippen LogP contribution in [-0.2, 0) is 0 Å². The zero-order valence-corrected chi connectivity index (χ0v) is 7.29. The maximum Gasteiger partial charge on any atom is 0.0499 e. The fraction of sp³-hybridized carbons (Fsp3) is 1.00. The number of hydrogen-bond acceptors (Lipinski definition) is 1. The van der Waals surface area contributed by atoms with Crippen LogP contribution in [0.5, 0.6) is 0 Å². The van der Waals surface area contributed by atoms with Gasteiger partial charge in [0.15, 0.2) is 0 Å². The maximum absolute atomic E-state index is 8.17. The minimum Gasteiger partial charge on any atom is -0.0895 e. The molecule has 2 atom stereocenters. The Bertz CT molecular complexity index is 153. The van der Waals surface area contributed by atoms with Gasteiger partial charge in [-0.1, -0.05) is 33.9 Å². The fourth-order valence-corrected chi connectivity index (χ4v) is 1.96. The molecule has 0 amide bonds. The van der Waals surface area contributed by atoms with Crippen LogP contribution in [0.4, 0.5) is 0 Å². The molecule has 1 aliphatic rings. The van der Waals surface area contributed by atoms with Crippen LogP contribution >= 0.6 is 15.9 Å². The average Bonchev–Trinajstić information content (AvgIpc) is 1.94. The molecule has 1 rings (SSSR count). The SMILES string of the molecule is [N-]=[N+]=N[C@@H]1CCCC[C@H]1Br. The minimum atomic E-state index is 0.193. The summed E-state index contributed by atoms with van der Waals surface area (Å²) < 4.78 is 0. The van der Waals surface area contributed by atoms with Crippen LogP contribution in [0.3, 0.4) is 0 Å². The molecular weight excluding hydrogens is 194 g/mol. The molecule has 0 N–H and O–H groups in total. The lowest BCUT2D eigenvalue weighted by atomic mass is 9.96. The summed E-state index contributed by atoms with van der Waals surface area (Å²) in [7, 11) is 0. The predicted octanol–water partition coefficient (Wildman–Crippen LogP) is 3.00. The molecular formula is C6H10BrN3. The third kappa shape index (κ3) is 1.89. The second kappa shape index (κ2) is 3.84. The topological polar surface area (TPSA) is 48.8 Å². The average molecular weight is 204 g/mol. The number of alkyl halides is 1. The van der Waals surface area contributed by atoms with Crippen LogP contribution in [0.1, 0.15) is 25.7 Å². The van der Waals surface area contributed by atoms with E-state index in [-0.39, 0.29) is 6.04 Å². The van der Waals surface area contributed by atoms with Gasteiger partial charge < -0.3 is 0 Å². The van der Waals surface area contributed by atoms with Gasteiger partial charge in [-0.2, -0.15) is 0 Å². The molecule has 0 aromatic rings. The van der Waals surface area contributed by atoms with E-state index in [1.165, 1.54) is 12.8 Å². The van der Waals surface area contributed by atoms with Crippen molar-refractivity contribution in [2.24, 2.45) is 5.11 Å². The molecule has 0 saturated heterocycles. The van der Waals surface area contributed by atoms with Crippen LogP contribution in [-0.4, -0.2) is 10.9 Å². The second-order valence-corrected chi connectivity index (χ2v) is 3.75. The Morgan fingerprint density at radius 1 is 1.40 bits per heavy atom. The lowest BCUT2D eigenvalue weighted by Gasteiger charge is -2.22. The Hall–Kier alpha value is -0.210. The number of rotatable bonds is 1. The zero-order valence-electron chi connectivity index (χ0n) is 5.70. The number of hydrogen-bond donors (Lipinski definition) is 0. The van der Waals surface area contributed by atoms with Crippen molar-refractivity contribution in [2.45, 2.75) is 36.6 Å². The largest absolute Gasteiger partial charge is 0.0895 e. The smallest absolute Gasteiger partial charge is 0.0499 e. The molecule has 56 valence electrons. The van der Waals surface area contributed by atoms with Crippen molar-refractivity contribution >= 4 is 15.9 Å². The summed E-state index contributed by atoms with van der Waals surface area (Å²) in [6.45, 7) is 0. The van der Waals surface area contributed by atoms with E-state index in [1.54, 1.807) is 0 Å². The number of halogens is 1. The molecule has 0 radical (unpaired) electrons. The molecule has 0 aromatic carbocycles. The van der Waals surface area contributed by atoms with Crippen molar-refractivity contribution < 1.29 is 0 Å². The Kier molecular flexibility index (Phi) is 3.03. The van der Waals surface area contributed by atoms with Crippen molar-refractivity contribution in [1.29, 1.82) is 0 Å². The lowest BCUT2D eigenvalue weighted by Crippen LogP contribution is -2.21. The summed E-state index contributed by atoms with van der Waals surface area (Å²) >= 11 is 3.49. The van der Waals surface area contributed by atoms with Crippen LogP contribution < -0.4 is 0 Å². The number of nitrogens with zero attached hydrogens (tertiary/aromatic N) is 3. The van der Waals surface area contributed by atoms with Crippen molar-refractivity contribution in [2.75, 3.05) is 0 Å². The van der Waals surface area contributed by atoms with E-state index in [0.29, 0.717) is 4.83 Å². The van der Waals surface area contributed by atoms with E-state index in [0.717, 1.165) is 12.8 Å². The van der Waals surface area contributed by atoms with Gasteiger partial charge in [-0.15, -0.1) is 0 Å². The molecule has 4 heteroatoms. The van der Waals surface area contributed by atoms with E-state index < -0.39 is 0 Å². The molecule has 1 saturated carbocycles. The third-order valence-corrected chi connectivity index (χ3v) is 2.92. The predicted molar refractivity (Wildman–Crippen MR) is 44.1 cm³/mol. The van der Waals surface area contributed by atoms with E-state index in [9.17, 15) is 0 Å². The van der Waals surface area contributed by atoms with Gasteiger partial charge in [0.25, 0.3) is 0 Å². The molecule has 0 spiro atoms. The Balaban J connectivity index is 2.47. The van der Waals surface area contributed by atoms with E-state index >= 15 is 0 Å². The van der Waals surface area contributed by atoms with Crippen molar-refractivity contribution in [3.63, 3.8) is 0 Å². The second-order valence-electron chi connectivity index (χ2n) is 2.57. The van der Waals surface area contributed by atoms with Gasteiger partial charge in [-0.05, 0) is 18.4 Å². The molecule has 0 aromatic heterocycles. The van der Waals surface area contributed by atoms with Gasteiger partial charge in [0.05, 0.1) is 0 Å². The first kappa shape index (κ1) is 7.89. The van der Waals surface area contributed by atoms with Crippen molar-refractivity contribution in [1.82, 2.24) is 0 Å². The minimum absolute atomic E-state index is 0.193. The molecule has 0 unspecified atom stereocenters. The first-order valence-corrected chi connectivity index (χ1v) is 4.44. The highest BCUT2D eigenvalue weighted by molar-refractivity contribution is 9.09. The highest BCUT2D eigenvalue weighted by Crippen LogP contribution is 2.26. The highest BCUT2D eigenvalue weighted by Gasteiger charge is 2.20. The van der Waals surface area contributed by atoms with Gasteiger partial charge in [0.1, 0.15) is 0 Å². The third-order valence-electron chi connectivity index (χ3n) is 1.85.